The first-order valence-electron chi connectivity index (χ1n) is 6.91. The SMILES string of the molecule is CC(C)C1CCC(c2ncccc2C(F)(F)F)CC1. The average Bonchev–Trinajstić information content (AvgIpc) is 2.38. The Balaban J connectivity index is 2.16. The number of aromatic nitrogens is 1. The zero-order chi connectivity index (χ0) is 14.0. The van der Waals surface area contributed by atoms with E-state index in [1.54, 1.807) is 0 Å². The molecule has 0 spiro atoms. The van der Waals surface area contributed by atoms with Crippen LogP contribution in [0, 0.1) is 11.8 Å². The van der Waals surface area contributed by atoms with E-state index >= 15 is 0 Å². The monoisotopic (exact) mass is 271 g/mol. The molecule has 19 heavy (non-hydrogen) atoms. The van der Waals surface area contributed by atoms with Gasteiger partial charge in [-0.15, -0.1) is 0 Å². The van der Waals surface area contributed by atoms with Gasteiger partial charge in [-0.2, -0.15) is 13.2 Å². The van der Waals surface area contributed by atoms with Crippen LogP contribution in [0.3, 0.4) is 0 Å². The molecular weight excluding hydrogens is 251 g/mol. The lowest BCUT2D eigenvalue weighted by Crippen LogP contribution is -2.21. The average molecular weight is 271 g/mol. The molecule has 0 saturated heterocycles. The van der Waals surface area contributed by atoms with Crippen LogP contribution in [0.2, 0.25) is 0 Å². The highest BCUT2D eigenvalue weighted by atomic mass is 19.4. The van der Waals surface area contributed by atoms with Crippen molar-refractivity contribution >= 4 is 0 Å². The molecule has 1 fully saturated rings. The maximum Gasteiger partial charge on any atom is 0.418 e. The third-order valence-electron chi connectivity index (χ3n) is 4.25. The Labute approximate surface area is 112 Å². The topological polar surface area (TPSA) is 12.9 Å². The molecular formula is C15H20F3N. The van der Waals surface area contributed by atoms with E-state index in [0.717, 1.165) is 31.7 Å². The first-order chi connectivity index (χ1) is 8.89. The summed E-state index contributed by atoms with van der Waals surface area (Å²) in [5.74, 6) is 1.23. The molecule has 0 aliphatic heterocycles. The van der Waals surface area contributed by atoms with Crippen molar-refractivity contribution in [3.05, 3.63) is 29.6 Å². The normalized spacial score (nSPS) is 24.7. The van der Waals surface area contributed by atoms with Gasteiger partial charge < -0.3 is 0 Å². The molecule has 0 N–H and O–H groups in total. The number of hydrogen-bond acceptors (Lipinski definition) is 1. The number of nitrogens with zero attached hydrogens (tertiary/aromatic N) is 1. The molecule has 1 aromatic heterocycles. The molecule has 1 nitrogen and oxygen atoms in total. The third kappa shape index (κ3) is 3.28. The number of alkyl halides is 3. The van der Waals surface area contributed by atoms with Crippen LogP contribution >= 0.6 is 0 Å². The van der Waals surface area contributed by atoms with Gasteiger partial charge in [-0.25, -0.2) is 0 Å². The van der Waals surface area contributed by atoms with E-state index < -0.39 is 11.7 Å². The van der Waals surface area contributed by atoms with Crippen LogP contribution in [0.15, 0.2) is 18.3 Å². The highest BCUT2D eigenvalue weighted by Crippen LogP contribution is 2.42. The van der Waals surface area contributed by atoms with Crippen LogP contribution < -0.4 is 0 Å². The zero-order valence-electron chi connectivity index (χ0n) is 11.4. The molecule has 1 aliphatic carbocycles. The Morgan fingerprint density at radius 1 is 1.16 bits per heavy atom. The largest absolute Gasteiger partial charge is 0.418 e. The summed E-state index contributed by atoms with van der Waals surface area (Å²) >= 11 is 0. The van der Waals surface area contributed by atoms with Crippen LogP contribution in [0.5, 0.6) is 0 Å². The van der Waals surface area contributed by atoms with Gasteiger partial charge in [0.15, 0.2) is 0 Å². The fourth-order valence-corrected chi connectivity index (χ4v) is 3.04. The van der Waals surface area contributed by atoms with Crippen LogP contribution in [0.25, 0.3) is 0 Å². The molecule has 0 atom stereocenters. The maximum absolute atomic E-state index is 13.0. The lowest BCUT2D eigenvalue weighted by molar-refractivity contribution is -0.138. The van der Waals surface area contributed by atoms with Gasteiger partial charge >= 0.3 is 6.18 Å². The van der Waals surface area contributed by atoms with Gasteiger partial charge in [0.25, 0.3) is 0 Å². The molecule has 1 aliphatic rings. The van der Waals surface area contributed by atoms with Gasteiger partial charge in [0.2, 0.25) is 0 Å². The molecule has 0 unspecified atom stereocenters. The predicted octanol–water partition coefficient (Wildman–Crippen LogP) is 5.03. The Kier molecular flexibility index (Phi) is 4.16. The molecule has 0 aromatic carbocycles. The summed E-state index contributed by atoms with van der Waals surface area (Å²) in [6.45, 7) is 4.37. The van der Waals surface area contributed by atoms with E-state index in [0.29, 0.717) is 11.8 Å². The summed E-state index contributed by atoms with van der Waals surface area (Å²) in [4.78, 5) is 4.02. The van der Waals surface area contributed by atoms with Crippen LogP contribution in [-0.4, -0.2) is 4.98 Å². The molecule has 1 heterocycles. The standard InChI is InChI=1S/C15H20F3N/c1-10(2)11-5-7-12(8-6-11)14-13(15(16,17)18)4-3-9-19-14/h3-4,9-12H,5-8H2,1-2H3. The van der Waals surface area contributed by atoms with Crippen molar-refractivity contribution in [3.8, 4) is 0 Å². The lowest BCUT2D eigenvalue weighted by Gasteiger charge is -2.31. The molecule has 106 valence electrons. The Bertz CT molecular complexity index is 418. The zero-order valence-corrected chi connectivity index (χ0v) is 11.4. The third-order valence-corrected chi connectivity index (χ3v) is 4.25. The first-order valence-corrected chi connectivity index (χ1v) is 6.91. The van der Waals surface area contributed by atoms with Gasteiger partial charge in [-0.1, -0.05) is 13.8 Å². The van der Waals surface area contributed by atoms with E-state index in [1.165, 1.54) is 12.3 Å². The number of halogens is 3. The molecule has 2 rings (SSSR count). The number of hydrogen-bond donors (Lipinski definition) is 0. The van der Waals surface area contributed by atoms with Gasteiger partial charge in [-0.05, 0) is 49.7 Å². The van der Waals surface area contributed by atoms with Crippen molar-refractivity contribution in [2.24, 2.45) is 11.8 Å². The highest BCUT2D eigenvalue weighted by molar-refractivity contribution is 5.26. The summed E-state index contributed by atoms with van der Waals surface area (Å²) < 4.78 is 38.9. The van der Waals surface area contributed by atoms with Crippen molar-refractivity contribution in [1.82, 2.24) is 4.98 Å². The molecule has 1 aromatic rings. The smallest absolute Gasteiger partial charge is 0.260 e. The summed E-state index contributed by atoms with van der Waals surface area (Å²) in [6, 6.07) is 2.52. The molecule has 0 amide bonds. The van der Waals surface area contributed by atoms with Crippen molar-refractivity contribution in [2.45, 2.75) is 51.6 Å². The number of pyridine rings is 1. The van der Waals surface area contributed by atoms with Crippen molar-refractivity contribution < 1.29 is 13.2 Å². The van der Waals surface area contributed by atoms with E-state index in [4.69, 9.17) is 0 Å². The van der Waals surface area contributed by atoms with E-state index in [9.17, 15) is 13.2 Å². The first kappa shape index (κ1) is 14.4. The van der Waals surface area contributed by atoms with Gasteiger partial charge in [-0.3, -0.25) is 4.98 Å². The summed E-state index contributed by atoms with van der Waals surface area (Å²) in [6.07, 6.45) is 0.843. The van der Waals surface area contributed by atoms with Crippen LogP contribution in [0.4, 0.5) is 13.2 Å². The second-order valence-corrected chi connectivity index (χ2v) is 5.79. The second-order valence-electron chi connectivity index (χ2n) is 5.79. The quantitative estimate of drug-likeness (QED) is 0.735. The van der Waals surface area contributed by atoms with Gasteiger partial charge in [0.1, 0.15) is 0 Å². The van der Waals surface area contributed by atoms with Crippen molar-refractivity contribution in [1.29, 1.82) is 0 Å². The molecule has 0 radical (unpaired) electrons. The van der Waals surface area contributed by atoms with Crippen LogP contribution in [0.1, 0.15) is 56.7 Å². The van der Waals surface area contributed by atoms with E-state index in [-0.39, 0.29) is 11.6 Å². The minimum absolute atomic E-state index is 0.0344. The van der Waals surface area contributed by atoms with Crippen molar-refractivity contribution in [2.75, 3.05) is 0 Å². The predicted molar refractivity (Wildman–Crippen MR) is 68.8 cm³/mol. The highest BCUT2D eigenvalue weighted by Gasteiger charge is 2.37. The summed E-state index contributed by atoms with van der Waals surface area (Å²) in [5, 5.41) is 0. The molecule has 4 heteroatoms. The van der Waals surface area contributed by atoms with Crippen LogP contribution in [-0.2, 0) is 6.18 Å². The summed E-state index contributed by atoms with van der Waals surface area (Å²) in [5.41, 5.74) is -0.305. The fourth-order valence-electron chi connectivity index (χ4n) is 3.04. The Morgan fingerprint density at radius 2 is 1.79 bits per heavy atom. The lowest BCUT2D eigenvalue weighted by atomic mass is 9.75. The van der Waals surface area contributed by atoms with Gasteiger partial charge in [0.05, 0.1) is 11.3 Å². The van der Waals surface area contributed by atoms with E-state index in [1.807, 2.05) is 0 Å². The van der Waals surface area contributed by atoms with Crippen molar-refractivity contribution in [3.63, 3.8) is 0 Å². The summed E-state index contributed by atoms with van der Waals surface area (Å²) in [7, 11) is 0. The fraction of sp³-hybridized carbons (Fsp3) is 0.667. The molecule has 0 bridgehead atoms. The minimum atomic E-state index is -4.29. The minimum Gasteiger partial charge on any atom is -0.260 e. The molecule has 1 saturated carbocycles. The van der Waals surface area contributed by atoms with E-state index in [2.05, 4.69) is 18.8 Å². The maximum atomic E-state index is 13.0. The number of rotatable bonds is 2. The Morgan fingerprint density at radius 3 is 2.32 bits per heavy atom. The van der Waals surface area contributed by atoms with Gasteiger partial charge in [0, 0.05) is 12.1 Å². The Hall–Kier alpha value is -1.06. The second kappa shape index (κ2) is 5.51.